The zero-order chi connectivity index (χ0) is 10.2. The lowest BCUT2D eigenvalue weighted by molar-refractivity contribution is -0.109. The van der Waals surface area contributed by atoms with Crippen molar-refractivity contribution in [2.24, 2.45) is 0 Å². The summed E-state index contributed by atoms with van der Waals surface area (Å²) in [6, 6.07) is 10.8. The number of alkyl halides is 2. The van der Waals surface area contributed by atoms with Crippen LogP contribution in [0.1, 0.15) is 18.4 Å². The number of hydrogen-bond donors (Lipinski definition) is 0. The van der Waals surface area contributed by atoms with Crippen molar-refractivity contribution >= 4 is 0 Å². The molecule has 1 aliphatic rings. The molecular formula is C11H9F2N. The quantitative estimate of drug-likeness (QED) is 0.672. The molecule has 1 aromatic carbocycles. The zero-order valence-electron chi connectivity index (χ0n) is 7.50. The summed E-state index contributed by atoms with van der Waals surface area (Å²) in [4.78, 5) is 0. The summed E-state index contributed by atoms with van der Waals surface area (Å²) in [7, 11) is 0. The van der Waals surface area contributed by atoms with Crippen LogP contribution in [-0.2, 0) is 5.41 Å². The smallest absolute Gasteiger partial charge is 0.207 e. The Morgan fingerprint density at radius 1 is 1.14 bits per heavy atom. The SMILES string of the molecule is N#CC1(c2ccccc2)CC(F)(F)C1. The van der Waals surface area contributed by atoms with E-state index in [1.165, 1.54) is 0 Å². The van der Waals surface area contributed by atoms with Crippen molar-refractivity contribution in [3.05, 3.63) is 35.9 Å². The van der Waals surface area contributed by atoms with Gasteiger partial charge in [-0.25, -0.2) is 8.78 Å². The van der Waals surface area contributed by atoms with Gasteiger partial charge in [-0.3, -0.25) is 0 Å². The van der Waals surface area contributed by atoms with E-state index in [1.54, 1.807) is 24.3 Å². The van der Waals surface area contributed by atoms with Crippen LogP contribution in [0.2, 0.25) is 0 Å². The van der Waals surface area contributed by atoms with E-state index in [9.17, 15) is 8.78 Å². The molecular weight excluding hydrogens is 184 g/mol. The Hall–Kier alpha value is -1.43. The Kier molecular flexibility index (Phi) is 1.81. The van der Waals surface area contributed by atoms with Gasteiger partial charge in [0.25, 0.3) is 5.92 Å². The summed E-state index contributed by atoms with van der Waals surface area (Å²) in [5.74, 6) is -2.66. The second kappa shape index (κ2) is 2.78. The van der Waals surface area contributed by atoms with Crippen molar-refractivity contribution in [1.29, 1.82) is 5.26 Å². The van der Waals surface area contributed by atoms with E-state index in [0.717, 1.165) is 0 Å². The lowest BCUT2D eigenvalue weighted by atomic mass is 9.63. The van der Waals surface area contributed by atoms with Crippen molar-refractivity contribution in [3.63, 3.8) is 0 Å². The maximum Gasteiger partial charge on any atom is 0.251 e. The lowest BCUT2D eigenvalue weighted by Crippen LogP contribution is -2.48. The fourth-order valence-corrected chi connectivity index (χ4v) is 1.94. The van der Waals surface area contributed by atoms with Crippen LogP contribution in [0, 0.1) is 11.3 Å². The van der Waals surface area contributed by atoms with Gasteiger partial charge in [0, 0.05) is 12.8 Å². The average molecular weight is 193 g/mol. The zero-order valence-corrected chi connectivity index (χ0v) is 7.50. The number of rotatable bonds is 1. The molecule has 0 saturated heterocycles. The van der Waals surface area contributed by atoms with Crippen molar-refractivity contribution in [3.8, 4) is 6.07 Å². The molecule has 1 fully saturated rings. The van der Waals surface area contributed by atoms with Gasteiger partial charge in [0.15, 0.2) is 0 Å². The molecule has 1 aromatic rings. The maximum atomic E-state index is 12.8. The Morgan fingerprint density at radius 2 is 1.71 bits per heavy atom. The minimum absolute atomic E-state index is 0.347. The highest BCUT2D eigenvalue weighted by atomic mass is 19.3. The molecule has 2 rings (SSSR count). The molecule has 14 heavy (non-hydrogen) atoms. The number of nitrogens with zero attached hydrogens (tertiary/aromatic N) is 1. The Balaban J connectivity index is 2.31. The summed E-state index contributed by atoms with van der Waals surface area (Å²) in [6.07, 6.45) is -0.693. The minimum Gasteiger partial charge on any atom is -0.207 e. The summed E-state index contributed by atoms with van der Waals surface area (Å²) < 4.78 is 25.5. The van der Waals surface area contributed by atoms with Crippen LogP contribution >= 0.6 is 0 Å². The van der Waals surface area contributed by atoms with Gasteiger partial charge >= 0.3 is 0 Å². The van der Waals surface area contributed by atoms with E-state index >= 15 is 0 Å². The molecule has 0 amide bonds. The molecule has 0 spiro atoms. The van der Waals surface area contributed by atoms with E-state index < -0.39 is 11.3 Å². The number of hydrogen-bond acceptors (Lipinski definition) is 1. The highest BCUT2D eigenvalue weighted by Crippen LogP contribution is 2.52. The van der Waals surface area contributed by atoms with E-state index in [0.29, 0.717) is 5.56 Å². The summed E-state index contributed by atoms with van der Waals surface area (Å²) in [5.41, 5.74) is -0.251. The van der Waals surface area contributed by atoms with Crippen molar-refractivity contribution in [2.45, 2.75) is 24.2 Å². The number of benzene rings is 1. The first kappa shape index (κ1) is 9.14. The Bertz CT molecular complexity index is 370. The topological polar surface area (TPSA) is 23.8 Å². The normalized spacial score (nSPS) is 22.1. The van der Waals surface area contributed by atoms with Crippen molar-refractivity contribution in [1.82, 2.24) is 0 Å². The fourth-order valence-electron chi connectivity index (χ4n) is 1.94. The van der Waals surface area contributed by atoms with Gasteiger partial charge in [-0.05, 0) is 5.56 Å². The summed E-state index contributed by atoms with van der Waals surface area (Å²) in [6.45, 7) is 0. The van der Waals surface area contributed by atoms with Gasteiger partial charge in [-0.2, -0.15) is 5.26 Å². The van der Waals surface area contributed by atoms with Crippen LogP contribution in [0.15, 0.2) is 30.3 Å². The molecule has 0 aromatic heterocycles. The van der Waals surface area contributed by atoms with Gasteiger partial charge in [-0.15, -0.1) is 0 Å². The van der Waals surface area contributed by atoms with E-state index in [1.807, 2.05) is 12.1 Å². The molecule has 3 heteroatoms. The van der Waals surface area contributed by atoms with E-state index in [2.05, 4.69) is 0 Å². The second-order valence-corrected chi connectivity index (χ2v) is 3.77. The summed E-state index contributed by atoms with van der Waals surface area (Å²) in [5, 5.41) is 8.94. The first-order valence-electron chi connectivity index (χ1n) is 4.43. The molecule has 1 saturated carbocycles. The molecule has 1 aliphatic carbocycles. The summed E-state index contributed by atoms with van der Waals surface area (Å²) >= 11 is 0. The van der Waals surface area contributed by atoms with Crippen LogP contribution in [0.25, 0.3) is 0 Å². The molecule has 0 unspecified atom stereocenters. The van der Waals surface area contributed by atoms with Crippen LogP contribution in [0.3, 0.4) is 0 Å². The molecule has 0 heterocycles. The van der Waals surface area contributed by atoms with Crippen LogP contribution in [0.5, 0.6) is 0 Å². The molecule has 0 radical (unpaired) electrons. The number of nitriles is 1. The number of halogens is 2. The van der Waals surface area contributed by atoms with Crippen molar-refractivity contribution in [2.75, 3.05) is 0 Å². The fraction of sp³-hybridized carbons (Fsp3) is 0.364. The predicted molar refractivity (Wildman–Crippen MR) is 47.9 cm³/mol. The predicted octanol–water partition coefficient (Wildman–Crippen LogP) is 2.88. The van der Waals surface area contributed by atoms with Crippen LogP contribution in [-0.4, -0.2) is 5.92 Å². The monoisotopic (exact) mass is 193 g/mol. The first-order chi connectivity index (χ1) is 6.58. The van der Waals surface area contributed by atoms with Crippen molar-refractivity contribution < 1.29 is 8.78 Å². The Morgan fingerprint density at radius 3 is 2.14 bits per heavy atom. The lowest BCUT2D eigenvalue weighted by Gasteiger charge is -2.42. The van der Waals surface area contributed by atoms with Gasteiger partial charge in [0.05, 0.1) is 11.5 Å². The molecule has 1 nitrogen and oxygen atoms in total. The van der Waals surface area contributed by atoms with Gasteiger partial charge in [0.1, 0.15) is 0 Å². The Labute approximate surface area is 81.0 Å². The maximum absolute atomic E-state index is 12.8. The average Bonchev–Trinajstić information content (AvgIpc) is 2.15. The second-order valence-electron chi connectivity index (χ2n) is 3.77. The first-order valence-corrected chi connectivity index (χ1v) is 4.43. The molecule has 0 aliphatic heterocycles. The van der Waals surface area contributed by atoms with E-state index in [-0.39, 0.29) is 12.8 Å². The molecule has 0 atom stereocenters. The van der Waals surface area contributed by atoms with Gasteiger partial charge in [0.2, 0.25) is 0 Å². The third-order valence-electron chi connectivity index (χ3n) is 2.66. The van der Waals surface area contributed by atoms with Gasteiger partial charge < -0.3 is 0 Å². The third kappa shape index (κ3) is 1.27. The molecule has 72 valence electrons. The third-order valence-corrected chi connectivity index (χ3v) is 2.66. The highest BCUT2D eigenvalue weighted by Gasteiger charge is 2.57. The largest absolute Gasteiger partial charge is 0.251 e. The van der Waals surface area contributed by atoms with E-state index in [4.69, 9.17) is 5.26 Å². The standard InChI is InChI=1S/C11H9F2N/c12-11(13)6-10(7-11,8-14)9-4-2-1-3-5-9/h1-5H,6-7H2. The van der Waals surface area contributed by atoms with Crippen LogP contribution < -0.4 is 0 Å². The van der Waals surface area contributed by atoms with Gasteiger partial charge in [-0.1, -0.05) is 30.3 Å². The minimum atomic E-state index is -2.66. The molecule has 0 bridgehead atoms. The molecule has 0 N–H and O–H groups in total. The highest BCUT2D eigenvalue weighted by molar-refractivity contribution is 5.37. The van der Waals surface area contributed by atoms with Crippen LogP contribution in [0.4, 0.5) is 8.78 Å².